The number of nitrogens with zero attached hydrogens (tertiary/aromatic N) is 2. The van der Waals surface area contributed by atoms with Gasteiger partial charge in [-0.3, -0.25) is 0 Å². The van der Waals surface area contributed by atoms with Crippen LogP contribution in [-0.2, 0) is 10.2 Å². The molecule has 0 amide bonds. The molecule has 0 radical (unpaired) electrons. The van der Waals surface area contributed by atoms with Crippen LogP contribution in [-0.4, -0.2) is 29.3 Å². The van der Waals surface area contributed by atoms with Gasteiger partial charge in [0.25, 0.3) is 5.82 Å². The summed E-state index contributed by atoms with van der Waals surface area (Å²) in [4.78, 5) is 15.5. The highest BCUT2D eigenvalue weighted by molar-refractivity contribution is 5.84. The molecule has 2 N–H and O–H groups in total. The first kappa shape index (κ1) is 12.0. The molecule has 0 spiro atoms. The molecule has 1 aliphatic rings. The Kier molecular flexibility index (Phi) is 3.42. The molecule has 1 aliphatic carbocycles. The Balaban J connectivity index is 2.19. The third-order valence-electron chi connectivity index (χ3n) is 3.29. The number of ether oxygens (including phenoxy) is 1. The van der Waals surface area contributed by atoms with Crippen LogP contribution in [0.3, 0.4) is 0 Å². The zero-order valence-electron chi connectivity index (χ0n) is 9.94. The van der Waals surface area contributed by atoms with E-state index in [4.69, 9.17) is 15.0 Å². The van der Waals surface area contributed by atoms with Crippen molar-refractivity contribution >= 4 is 5.97 Å². The van der Waals surface area contributed by atoms with Crippen molar-refractivity contribution in [3.05, 3.63) is 11.7 Å². The first-order valence-electron chi connectivity index (χ1n) is 5.93. The van der Waals surface area contributed by atoms with Crippen LogP contribution in [0.5, 0.6) is 0 Å². The highest BCUT2D eigenvalue weighted by atomic mass is 16.5. The Hall–Kier alpha value is -1.43. The zero-order chi connectivity index (χ0) is 12.3. The SMILES string of the molecule is CCOC(=O)c1noc(C2(CN)CCCC2)n1. The quantitative estimate of drug-likeness (QED) is 0.788. The maximum Gasteiger partial charge on any atom is 0.379 e. The highest BCUT2D eigenvalue weighted by Gasteiger charge is 2.40. The molecule has 0 aliphatic heterocycles. The van der Waals surface area contributed by atoms with E-state index in [9.17, 15) is 4.79 Å². The van der Waals surface area contributed by atoms with Gasteiger partial charge in [0.2, 0.25) is 5.89 Å². The average Bonchev–Trinajstić information content (AvgIpc) is 2.99. The molecule has 17 heavy (non-hydrogen) atoms. The van der Waals surface area contributed by atoms with E-state index in [0.717, 1.165) is 25.7 Å². The largest absolute Gasteiger partial charge is 0.460 e. The monoisotopic (exact) mass is 239 g/mol. The standard InChI is InChI=1S/C11H17N3O3/c1-2-16-9(15)8-13-10(17-14-8)11(7-12)5-3-4-6-11/h2-7,12H2,1H3. The molecule has 1 aromatic rings. The summed E-state index contributed by atoms with van der Waals surface area (Å²) in [6, 6.07) is 0. The van der Waals surface area contributed by atoms with Crippen LogP contribution < -0.4 is 5.73 Å². The summed E-state index contributed by atoms with van der Waals surface area (Å²) in [6.07, 6.45) is 4.09. The summed E-state index contributed by atoms with van der Waals surface area (Å²) in [7, 11) is 0. The van der Waals surface area contributed by atoms with Gasteiger partial charge < -0.3 is 15.0 Å². The summed E-state index contributed by atoms with van der Waals surface area (Å²) in [5, 5.41) is 3.66. The van der Waals surface area contributed by atoms with Crippen molar-refractivity contribution in [2.24, 2.45) is 5.73 Å². The number of hydrogen-bond donors (Lipinski definition) is 1. The highest BCUT2D eigenvalue weighted by Crippen LogP contribution is 2.39. The molecule has 0 aromatic carbocycles. The van der Waals surface area contributed by atoms with Gasteiger partial charge in [-0.1, -0.05) is 12.8 Å². The summed E-state index contributed by atoms with van der Waals surface area (Å²) < 4.78 is 9.98. The molecule has 0 saturated heterocycles. The number of hydrogen-bond acceptors (Lipinski definition) is 6. The summed E-state index contributed by atoms with van der Waals surface area (Å²) in [5.74, 6) is -0.0882. The lowest BCUT2D eigenvalue weighted by atomic mass is 9.86. The third kappa shape index (κ3) is 2.17. The number of carbonyl (C=O) groups is 1. The van der Waals surface area contributed by atoms with E-state index in [2.05, 4.69) is 10.1 Å². The number of rotatable bonds is 4. The summed E-state index contributed by atoms with van der Waals surface area (Å²) in [6.45, 7) is 2.50. The Morgan fingerprint density at radius 1 is 1.53 bits per heavy atom. The topological polar surface area (TPSA) is 91.2 Å². The van der Waals surface area contributed by atoms with E-state index in [1.54, 1.807) is 6.92 Å². The van der Waals surface area contributed by atoms with Crippen molar-refractivity contribution in [1.82, 2.24) is 10.1 Å². The predicted molar refractivity (Wildman–Crippen MR) is 59.5 cm³/mol. The normalized spacial score (nSPS) is 18.2. The lowest BCUT2D eigenvalue weighted by molar-refractivity contribution is 0.0508. The van der Waals surface area contributed by atoms with Crippen molar-refractivity contribution in [2.45, 2.75) is 38.0 Å². The van der Waals surface area contributed by atoms with Gasteiger partial charge in [-0.05, 0) is 24.9 Å². The fourth-order valence-corrected chi connectivity index (χ4v) is 2.27. The van der Waals surface area contributed by atoms with E-state index < -0.39 is 5.97 Å². The fourth-order valence-electron chi connectivity index (χ4n) is 2.27. The molecule has 1 heterocycles. The van der Waals surface area contributed by atoms with Crippen LogP contribution in [0.25, 0.3) is 0 Å². The summed E-state index contributed by atoms with van der Waals surface area (Å²) in [5.41, 5.74) is 5.56. The average molecular weight is 239 g/mol. The molecule has 1 aromatic heterocycles. The van der Waals surface area contributed by atoms with Crippen molar-refractivity contribution < 1.29 is 14.1 Å². The molecule has 94 valence electrons. The number of nitrogens with two attached hydrogens (primary N) is 1. The van der Waals surface area contributed by atoms with Gasteiger partial charge in [0.15, 0.2) is 0 Å². The lowest BCUT2D eigenvalue weighted by Gasteiger charge is -2.21. The second kappa shape index (κ2) is 4.83. The second-order valence-corrected chi connectivity index (χ2v) is 4.34. The molecular weight excluding hydrogens is 222 g/mol. The van der Waals surface area contributed by atoms with Crippen molar-refractivity contribution in [3.8, 4) is 0 Å². The molecule has 6 nitrogen and oxygen atoms in total. The van der Waals surface area contributed by atoms with Crippen LogP contribution in [0.4, 0.5) is 0 Å². The minimum atomic E-state index is -0.548. The van der Waals surface area contributed by atoms with E-state index in [1.165, 1.54) is 0 Å². The van der Waals surface area contributed by atoms with Gasteiger partial charge >= 0.3 is 5.97 Å². The van der Waals surface area contributed by atoms with E-state index in [0.29, 0.717) is 19.0 Å². The first-order valence-corrected chi connectivity index (χ1v) is 5.93. The van der Waals surface area contributed by atoms with Gasteiger partial charge in [-0.15, -0.1) is 0 Å². The van der Waals surface area contributed by atoms with Crippen molar-refractivity contribution in [2.75, 3.05) is 13.2 Å². The van der Waals surface area contributed by atoms with Gasteiger partial charge in [0, 0.05) is 6.54 Å². The smallest absolute Gasteiger partial charge is 0.379 e. The molecule has 1 saturated carbocycles. The number of carbonyl (C=O) groups excluding carboxylic acids is 1. The minimum absolute atomic E-state index is 0.0124. The molecule has 0 unspecified atom stereocenters. The lowest BCUT2D eigenvalue weighted by Crippen LogP contribution is -2.32. The molecule has 0 bridgehead atoms. The Labute approximate surface area is 99.5 Å². The van der Waals surface area contributed by atoms with Gasteiger partial charge in [-0.2, -0.15) is 4.98 Å². The third-order valence-corrected chi connectivity index (χ3v) is 3.29. The summed E-state index contributed by atoms with van der Waals surface area (Å²) >= 11 is 0. The Morgan fingerprint density at radius 2 is 2.24 bits per heavy atom. The van der Waals surface area contributed by atoms with Crippen molar-refractivity contribution in [3.63, 3.8) is 0 Å². The maximum absolute atomic E-state index is 11.4. The Morgan fingerprint density at radius 3 is 2.82 bits per heavy atom. The van der Waals surface area contributed by atoms with Crippen LogP contribution in [0.2, 0.25) is 0 Å². The maximum atomic E-state index is 11.4. The van der Waals surface area contributed by atoms with E-state index in [-0.39, 0.29) is 11.2 Å². The van der Waals surface area contributed by atoms with Crippen LogP contribution in [0.15, 0.2) is 4.52 Å². The van der Waals surface area contributed by atoms with Crippen LogP contribution in [0, 0.1) is 0 Å². The van der Waals surface area contributed by atoms with Crippen molar-refractivity contribution in [1.29, 1.82) is 0 Å². The minimum Gasteiger partial charge on any atom is -0.460 e. The van der Waals surface area contributed by atoms with Gasteiger partial charge in [0.1, 0.15) is 0 Å². The molecule has 0 atom stereocenters. The molecule has 6 heteroatoms. The van der Waals surface area contributed by atoms with Crippen LogP contribution >= 0.6 is 0 Å². The first-order chi connectivity index (χ1) is 8.22. The van der Waals surface area contributed by atoms with E-state index in [1.807, 2.05) is 0 Å². The second-order valence-electron chi connectivity index (χ2n) is 4.34. The number of aromatic nitrogens is 2. The predicted octanol–water partition coefficient (Wildman–Crippen LogP) is 1.02. The fraction of sp³-hybridized carbons (Fsp3) is 0.727. The number of esters is 1. The zero-order valence-corrected chi connectivity index (χ0v) is 9.94. The molecule has 1 fully saturated rings. The van der Waals surface area contributed by atoms with Crippen LogP contribution in [0.1, 0.15) is 49.1 Å². The Bertz CT molecular complexity index is 396. The van der Waals surface area contributed by atoms with Gasteiger partial charge in [0.05, 0.1) is 12.0 Å². The molecule has 2 rings (SSSR count). The van der Waals surface area contributed by atoms with Gasteiger partial charge in [-0.25, -0.2) is 4.79 Å². The molecular formula is C11H17N3O3. The van der Waals surface area contributed by atoms with E-state index >= 15 is 0 Å².